The molecule has 0 aliphatic carbocycles. The zero-order valence-electron chi connectivity index (χ0n) is 22.0. The van der Waals surface area contributed by atoms with Gasteiger partial charge in [0.05, 0.1) is 31.1 Å². The molecule has 1 atom stereocenters. The molecular weight excluding hydrogens is 519 g/mol. The second-order valence-electron chi connectivity index (χ2n) is 9.43. The summed E-state index contributed by atoms with van der Waals surface area (Å²) in [5, 5.41) is 9.37. The molecule has 0 N–H and O–H groups in total. The monoisotopic (exact) mass is 548 g/mol. The van der Waals surface area contributed by atoms with Crippen LogP contribution in [0.3, 0.4) is 0 Å². The number of benzene rings is 2. The van der Waals surface area contributed by atoms with E-state index < -0.39 is 5.97 Å². The predicted molar refractivity (Wildman–Crippen MR) is 146 cm³/mol. The summed E-state index contributed by atoms with van der Waals surface area (Å²) >= 11 is 1.33. The Bertz CT molecular complexity index is 1490. The molecular formula is C29H29FN4O4S. The third-order valence-electron chi connectivity index (χ3n) is 6.84. The summed E-state index contributed by atoms with van der Waals surface area (Å²) in [7, 11) is 1.35. The van der Waals surface area contributed by atoms with Crippen molar-refractivity contribution in [3.63, 3.8) is 0 Å². The van der Waals surface area contributed by atoms with Crippen molar-refractivity contribution in [3.8, 4) is 17.1 Å². The van der Waals surface area contributed by atoms with Gasteiger partial charge in [-0.1, -0.05) is 11.8 Å². The molecule has 3 heterocycles. The van der Waals surface area contributed by atoms with Crippen molar-refractivity contribution in [2.24, 2.45) is 0 Å². The highest BCUT2D eigenvalue weighted by Gasteiger charge is 2.23. The molecule has 2 aromatic heterocycles. The van der Waals surface area contributed by atoms with Crippen LogP contribution < -0.4 is 0 Å². The molecule has 2 aromatic carbocycles. The molecule has 0 radical (unpaired) electrons. The van der Waals surface area contributed by atoms with Crippen molar-refractivity contribution >= 4 is 23.5 Å². The number of nitrogens with zero attached hydrogens (tertiary/aromatic N) is 4. The van der Waals surface area contributed by atoms with E-state index in [-0.39, 0.29) is 23.5 Å². The van der Waals surface area contributed by atoms with Gasteiger partial charge in [-0.3, -0.25) is 9.36 Å². The topological polar surface area (TPSA) is 88.2 Å². The summed E-state index contributed by atoms with van der Waals surface area (Å²) in [5.41, 5.74) is 4.42. The van der Waals surface area contributed by atoms with E-state index in [4.69, 9.17) is 9.47 Å². The Morgan fingerprint density at radius 2 is 1.85 bits per heavy atom. The van der Waals surface area contributed by atoms with Gasteiger partial charge in [0.2, 0.25) is 0 Å². The highest BCUT2D eigenvalue weighted by atomic mass is 32.2. The average molecular weight is 549 g/mol. The highest BCUT2D eigenvalue weighted by molar-refractivity contribution is 7.99. The number of aryl methyl sites for hydroxylation is 1. The van der Waals surface area contributed by atoms with Gasteiger partial charge in [-0.2, -0.15) is 0 Å². The Morgan fingerprint density at radius 3 is 2.51 bits per heavy atom. The second kappa shape index (κ2) is 11.5. The van der Waals surface area contributed by atoms with Gasteiger partial charge in [-0.25, -0.2) is 9.18 Å². The highest BCUT2D eigenvalue weighted by Crippen LogP contribution is 2.28. The van der Waals surface area contributed by atoms with E-state index in [0.29, 0.717) is 28.7 Å². The SMILES string of the molecule is COC(=O)c1ccc(-n2c(C)cc(C(=O)CSc3nnc(-c4ccc(F)cc4)n3C[C@H]3CCCO3)c2C)cc1. The Kier molecular flexibility index (Phi) is 7.94. The van der Waals surface area contributed by atoms with E-state index in [1.807, 2.05) is 41.2 Å². The minimum atomic E-state index is -0.398. The summed E-state index contributed by atoms with van der Waals surface area (Å²) in [4.78, 5) is 25.2. The van der Waals surface area contributed by atoms with Gasteiger partial charge < -0.3 is 14.0 Å². The predicted octanol–water partition coefficient (Wildman–Crippen LogP) is 5.43. The molecule has 0 saturated carbocycles. The molecule has 0 bridgehead atoms. The van der Waals surface area contributed by atoms with Gasteiger partial charge in [0, 0.05) is 34.8 Å². The normalized spacial score (nSPS) is 15.0. The molecule has 0 spiro atoms. The fraction of sp³-hybridized carbons (Fsp3) is 0.310. The molecule has 10 heteroatoms. The van der Waals surface area contributed by atoms with Gasteiger partial charge in [-0.05, 0) is 81.3 Å². The van der Waals surface area contributed by atoms with Gasteiger partial charge in [-0.15, -0.1) is 10.2 Å². The molecule has 0 unspecified atom stereocenters. The molecule has 0 amide bonds. The van der Waals surface area contributed by atoms with Crippen LogP contribution in [0.1, 0.15) is 44.9 Å². The average Bonchev–Trinajstić information content (AvgIpc) is 3.67. The van der Waals surface area contributed by atoms with Crippen LogP contribution in [0.5, 0.6) is 0 Å². The first kappa shape index (κ1) is 26.8. The number of methoxy groups -OCH3 is 1. The van der Waals surface area contributed by atoms with Crippen LogP contribution in [0.15, 0.2) is 59.8 Å². The van der Waals surface area contributed by atoms with Gasteiger partial charge in [0.15, 0.2) is 16.8 Å². The first-order chi connectivity index (χ1) is 18.9. The maximum Gasteiger partial charge on any atom is 0.337 e. The standard InChI is InChI=1S/C29H29FN4O4S/c1-18-15-25(19(2)34(18)23-12-8-21(9-13-23)28(36)37-3)26(35)17-39-29-32-31-27(20-6-10-22(30)11-7-20)33(29)16-24-5-4-14-38-24/h6-13,15,24H,4-5,14,16-17H2,1-3H3/t24-/m1/s1. The van der Waals surface area contributed by atoms with Crippen LogP contribution >= 0.6 is 11.8 Å². The first-order valence-electron chi connectivity index (χ1n) is 12.7. The number of ether oxygens (including phenoxy) is 2. The minimum absolute atomic E-state index is 0.0273. The lowest BCUT2D eigenvalue weighted by Gasteiger charge is -2.14. The van der Waals surface area contributed by atoms with Crippen molar-refractivity contribution < 1.29 is 23.5 Å². The zero-order valence-corrected chi connectivity index (χ0v) is 22.8. The summed E-state index contributed by atoms with van der Waals surface area (Å²) in [5.74, 6) is 0.0552. The Balaban J connectivity index is 1.36. The number of carbonyl (C=O) groups excluding carboxylic acids is 2. The fourth-order valence-corrected chi connectivity index (χ4v) is 5.71. The van der Waals surface area contributed by atoms with Crippen molar-refractivity contribution in [1.29, 1.82) is 0 Å². The van der Waals surface area contributed by atoms with E-state index >= 15 is 0 Å². The third kappa shape index (κ3) is 5.67. The summed E-state index contributed by atoms with van der Waals surface area (Å²) in [6.45, 7) is 5.14. The maximum atomic E-state index is 13.5. The molecule has 1 saturated heterocycles. The Hall–Kier alpha value is -3.76. The van der Waals surface area contributed by atoms with E-state index in [9.17, 15) is 14.0 Å². The largest absolute Gasteiger partial charge is 0.465 e. The molecule has 202 valence electrons. The number of esters is 1. The minimum Gasteiger partial charge on any atom is -0.465 e. The van der Waals surface area contributed by atoms with Crippen molar-refractivity contribution in [1.82, 2.24) is 19.3 Å². The summed E-state index contributed by atoms with van der Waals surface area (Å²) < 4.78 is 28.1. The first-order valence-corrected chi connectivity index (χ1v) is 13.7. The van der Waals surface area contributed by atoms with E-state index in [1.54, 1.807) is 24.3 Å². The maximum absolute atomic E-state index is 13.5. The molecule has 1 fully saturated rings. The van der Waals surface area contributed by atoms with Crippen molar-refractivity contribution in [3.05, 3.63) is 82.9 Å². The molecule has 5 rings (SSSR count). The van der Waals surface area contributed by atoms with Crippen LogP contribution in [0, 0.1) is 19.7 Å². The Labute approximate surface area is 230 Å². The number of ketones is 1. The number of hydrogen-bond acceptors (Lipinski definition) is 7. The number of hydrogen-bond donors (Lipinski definition) is 0. The zero-order chi connectivity index (χ0) is 27.5. The third-order valence-corrected chi connectivity index (χ3v) is 7.81. The molecule has 39 heavy (non-hydrogen) atoms. The van der Waals surface area contributed by atoms with Crippen LogP contribution in [0.25, 0.3) is 17.1 Å². The van der Waals surface area contributed by atoms with Crippen LogP contribution in [-0.4, -0.2) is 56.7 Å². The van der Waals surface area contributed by atoms with Crippen LogP contribution in [0.4, 0.5) is 4.39 Å². The second-order valence-corrected chi connectivity index (χ2v) is 10.4. The van der Waals surface area contributed by atoms with E-state index in [2.05, 4.69) is 10.2 Å². The number of rotatable bonds is 9. The summed E-state index contributed by atoms with van der Waals surface area (Å²) in [6, 6.07) is 15.1. The number of thioether (sulfide) groups is 1. The molecule has 4 aromatic rings. The van der Waals surface area contributed by atoms with E-state index in [1.165, 1.54) is 31.0 Å². The number of aromatic nitrogens is 4. The number of halogens is 1. The lowest BCUT2D eigenvalue weighted by molar-refractivity contribution is 0.0600. The summed E-state index contributed by atoms with van der Waals surface area (Å²) in [6.07, 6.45) is 1.98. The van der Waals surface area contributed by atoms with Crippen LogP contribution in [-0.2, 0) is 16.0 Å². The molecule has 1 aliphatic rings. The molecule has 1 aliphatic heterocycles. The van der Waals surface area contributed by atoms with Gasteiger partial charge in [0.25, 0.3) is 0 Å². The van der Waals surface area contributed by atoms with E-state index in [0.717, 1.165) is 42.1 Å². The smallest absolute Gasteiger partial charge is 0.337 e. The van der Waals surface area contributed by atoms with Crippen molar-refractivity contribution in [2.45, 2.75) is 44.5 Å². The number of Topliss-reactive ketones (excluding diaryl/α,β-unsaturated/α-hetero) is 1. The number of carbonyl (C=O) groups is 2. The Morgan fingerprint density at radius 1 is 1.10 bits per heavy atom. The van der Waals surface area contributed by atoms with Crippen LogP contribution in [0.2, 0.25) is 0 Å². The lowest BCUT2D eigenvalue weighted by Crippen LogP contribution is -2.17. The van der Waals surface area contributed by atoms with Gasteiger partial charge in [0.1, 0.15) is 5.82 Å². The van der Waals surface area contributed by atoms with Gasteiger partial charge >= 0.3 is 5.97 Å². The molecule has 8 nitrogen and oxygen atoms in total. The fourth-order valence-electron chi connectivity index (χ4n) is 4.88. The quantitative estimate of drug-likeness (QED) is 0.157. The lowest BCUT2D eigenvalue weighted by atomic mass is 10.2. The van der Waals surface area contributed by atoms with Crippen molar-refractivity contribution in [2.75, 3.05) is 19.5 Å².